The molecule has 2 aliphatic rings. The van der Waals surface area contributed by atoms with Gasteiger partial charge in [0.05, 0.1) is 57.4 Å². The van der Waals surface area contributed by atoms with Crippen molar-refractivity contribution in [2.75, 3.05) is 9.80 Å². The van der Waals surface area contributed by atoms with Gasteiger partial charge in [-0.3, -0.25) is 0 Å². The van der Waals surface area contributed by atoms with Crippen LogP contribution in [0.5, 0.6) is 23.0 Å². The number of hydrogen-bond acceptors (Lipinski definition) is 6. The first-order valence-electron chi connectivity index (χ1n) is 19.6. The Kier molecular flexibility index (Phi) is 8.61. The summed E-state index contributed by atoms with van der Waals surface area (Å²) in [6.45, 7) is 13.6. The van der Waals surface area contributed by atoms with Crippen LogP contribution >= 0.6 is 0 Å². The Hall–Kier alpha value is -7.28. The Morgan fingerprint density at radius 3 is 1.07 bits per heavy atom. The largest absolute Gasteiger partial charge is 0.453 e. The van der Waals surface area contributed by atoms with Crippen molar-refractivity contribution in [2.45, 2.75) is 52.4 Å². The lowest BCUT2D eigenvalue weighted by Gasteiger charge is -2.45. The fourth-order valence-corrected chi connectivity index (χ4v) is 8.57. The minimum absolute atomic E-state index is 0.484. The van der Waals surface area contributed by atoms with Crippen LogP contribution in [0.15, 0.2) is 146 Å². The molecule has 58 heavy (non-hydrogen) atoms. The Morgan fingerprint density at radius 2 is 0.741 bits per heavy atom. The summed E-state index contributed by atoms with van der Waals surface area (Å²) in [5, 5.41) is 20.8. The molecule has 7 aromatic rings. The molecule has 0 spiro atoms. The third kappa shape index (κ3) is 5.94. The third-order valence-corrected chi connectivity index (χ3v) is 10.8. The highest BCUT2D eigenvalue weighted by Crippen LogP contribution is 2.63. The molecule has 0 unspecified atom stereocenters. The summed E-state index contributed by atoms with van der Waals surface area (Å²) in [7, 11) is 0. The maximum Gasteiger partial charge on any atom is 0.151 e. The number of fused-ring (bicyclic) bond motifs is 4. The highest BCUT2D eigenvalue weighted by Gasteiger charge is 2.42. The van der Waals surface area contributed by atoms with Crippen molar-refractivity contribution >= 4 is 34.1 Å². The number of nitrogens with zero attached hydrogens (tertiary/aromatic N) is 4. The smallest absolute Gasteiger partial charge is 0.151 e. The third-order valence-electron chi connectivity index (χ3n) is 10.8. The summed E-state index contributed by atoms with van der Waals surface area (Å²) < 4.78 is 13.3. The lowest BCUT2D eigenvalue weighted by atomic mass is 9.70. The van der Waals surface area contributed by atoms with Crippen LogP contribution in [0.1, 0.15) is 63.8 Å². The zero-order valence-corrected chi connectivity index (χ0v) is 33.5. The number of benzene rings is 7. The fraction of sp³-hybridized carbons (Fsp3) is 0.154. The van der Waals surface area contributed by atoms with Crippen molar-refractivity contribution in [2.24, 2.45) is 0 Å². The maximum absolute atomic E-state index is 10.4. The molecule has 9 rings (SSSR count). The van der Waals surface area contributed by atoms with Crippen molar-refractivity contribution < 1.29 is 9.47 Å². The van der Waals surface area contributed by atoms with Crippen LogP contribution in [0, 0.1) is 22.7 Å². The van der Waals surface area contributed by atoms with Crippen LogP contribution in [0.4, 0.5) is 34.1 Å². The first kappa shape index (κ1) is 36.4. The summed E-state index contributed by atoms with van der Waals surface area (Å²) in [5.41, 5.74) is 11.6. The Balaban J connectivity index is 1.61. The minimum Gasteiger partial charge on any atom is -0.453 e. The molecule has 2 heterocycles. The average Bonchev–Trinajstić information content (AvgIpc) is 3.23. The number of para-hydroxylation sites is 8. The SMILES string of the molecule is CC(C)(C)c1c(-c2cccc(C#N)c2)c(N2c3ccccc3Oc3ccccc32)c(-c2cccc(C#N)c2)c(C(C)(C)C)c1N1c2ccccc2Oc2ccccc21. The van der Waals surface area contributed by atoms with Crippen LogP contribution in [0.2, 0.25) is 0 Å². The molecule has 282 valence electrons. The zero-order valence-electron chi connectivity index (χ0n) is 33.5. The van der Waals surface area contributed by atoms with Gasteiger partial charge in [0.15, 0.2) is 23.0 Å². The van der Waals surface area contributed by atoms with E-state index in [1.165, 1.54) is 0 Å². The molecule has 0 saturated carbocycles. The molecule has 0 aromatic heterocycles. The second-order valence-electron chi connectivity index (χ2n) is 16.8. The Bertz CT molecular complexity index is 2680. The van der Waals surface area contributed by atoms with Gasteiger partial charge < -0.3 is 19.3 Å². The number of ether oxygens (including phenoxy) is 2. The Morgan fingerprint density at radius 1 is 0.414 bits per heavy atom. The molecule has 2 aliphatic heterocycles. The summed E-state index contributed by atoms with van der Waals surface area (Å²) in [6, 6.07) is 53.5. The van der Waals surface area contributed by atoms with E-state index in [2.05, 4.69) is 112 Å². The molecule has 6 heteroatoms. The number of hydrogen-bond donors (Lipinski definition) is 0. The van der Waals surface area contributed by atoms with Crippen LogP contribution in [0.25, 0.3) is 22.3 Å². The molecule has 0 aliphatic carbocycles. The molecule has 0 fully saturated rings. The van der Waals surface area contributed by atoms with Gasteiger partial charge in [0.1, 0.15) is 0 Å². The summed E-state index contributed by atoms with van der Waals surface area (Å²) in [6.07, 6.45) is 0. The lowest BCUT2D eigenvalue weighted by molar-refractivity contribution is 0.475. The van der Waals surface area contributed by atoms with E-state index in [-0.39, 0.29) is 0 Å². The molecular formula is C52H42N4O2. The molecule has 0 bridgehead atoms. The average molecular weight is 755 g/mol. The van der Waals surface area contributed by atoms with Crippen LogP contribution < -0.4 is 19.3 Å². The topological polar surface area (TPSA) is 72.5 Å². The lowest BCUT2D eigenvalue weighted by Crippen LogP contribution is -2.30. The summed E-state index contributed by atoms with van der Waals surface area (Å²) in [5.74, 6) is 2.96. The van der Waals surface area contributed by atoms with Gasteiger partial charge >= 0.3 is 0 Å². The van der Waals surface area contributed by atoms with Gasteiger partial charge in [-0.15, -0.1) is 0 Å². The molecule has 0 N–H and O–H groups in total. The highest BCUT2D eigenvalue weighted by atomic mass is 16.5. The van der Waals surface area contributed by atoms with E-state index in [1.807, 2.05) is 97.1 Å². The predicted octanol–water partition coefficient (Wildman–Crippen LogP) is 14.5. The van der Waals surface area contributed by atoms with E-state index in [9.17, 15) is 10.5 Å². The summed E-state index contributed by atoms with van der Waals surface area (Å²) >= 11 is 0. The van der Waals surface area contributed by atoms with E-state index in [0.717, 1.165) is 90.5 Å². The summed E-state index contributed by atoms with van der Waals surface area (Å²) in [4.78, 5) is 4.72. The van der Waals surface area contributed by atoms with Gasteiger partial charge in [0.2, 0.25) is 0 Å². The number of nitriles is 2. The monoisotopic (exact) mass is 754 g/mol. The number of rotatable bonds is 4. The van der Waals surface area contributed by atoms with Gasteiger partial charge in [-0.25, -0.2) is 0 Å². The van der Waals surface area contributed by atoms with Crippen molar-refractivity contribution in [3.8, 4) is 57.4 Å². The van der Waals surface area contributed by atoms with Gasteiger partial charge in [-0.2, -0.15) is 10.5 Å². The predicted molar refractivity (Wildman–Crippen MR) is 234 cm³/mol. The van der Waals surface area contributed by atoms with Gasteiger partial charge in [0.25, 0.3) is 0 Å². The second kappa shape index (κ2) is 13.7. The fourth-order valence-electron chi connectivity index (χ4n) is 8.57. The molecule has 6 nitrogen and oxygen atoms in total. The molecule has 0 amide bonds. The van der Waals surface area contributed by atoms with Gasteiger partial charge in [-0.1, -0.05) is 114 Å². The first-order chi connectivity index (χ1) is 28.0. The molecular weight excluding hydrogens is 713 g/mol. The van der Waals surface area contributed by atoms with Crippen molar-refractivity contribution in [3.63, 3.8) is 0 Å². The van der Waals surface area contributed by atoms with E-state index < -0.39 is 10.8 Å². The van der Waals surface area contributed by atoms with Crippen LogP contribution in [0.3, 0.4) is 0 Å². The van der Waals surface area contributed by atoms with Crippen molar-refractivity contribution in [1.82, 2.24) is 0 Å². The number of anilines is 6. The minimum atomic E-state index is -0.484. The van der Waals surface area contributed by atoms with Gasteiger partial charge in [0, 0.05) is 11.1 Å². The van der Waals surface area contributed by atoms with E-state index in [0.29, 0.717) is 11.1 Å². The highest BCUT2D eigenvalue weighted by molar-refractivity contribution is 6.08. The van der Waals surface area contributed by atoms with E-state index in [4.69, 9.17) is 9.47 Å². The molecule has 7 aromatic carbocycles. The Labute approximate surface area is 340 Å². The van der Waals surface area contributed by atoms with Crippen molar-refractivity contribution in [1.29, 1.82) is 10.5 Å². The first-order valence-corrected chi connectivity index (χ1v) is 19.6. The van der Waals surface area contributed by atoms with E-state index >= 15 is 0 Å². The van der Waals surface area contributed by atoms with Crippen LogP contribution in [-0.2, 0) is 10.8 Å². The van der Waals surface area contributed by atoms with E-state index in [1.54, 1.807) is 0 Å². The maximum atomic E-state index is 10.4. The standard InChI is InChI=1S/C52H42N4O2/c1-51(2,3)47-45(35-19-15-17-33(29-35)31-53)49(55-37-21-7-11-25-41(37)57-42-26-12-8-22-38(42)55)46(36-20-16-18-34(30-36)32-54)48(52(4,5)6)50(47)56-39-23-9-13-27-43(39)58-44-28-14-10-24-40(44)56/h7-30H,1-6H3. The van der Waals surface area contributed by atoms with Crippen LogP contribution in [-0.4, -0.2) is 0 Å². The zero-order chi connectivity index (χ0) is 40.3. The molecule has 0 radical (unpaired) electrons. The van der Waals surface area contributed by atoms with Crippen molar-refractivity contribution in [3.05, 3.63) is 168 Å². The van der Waals surface area contributed by atoms with Gasteiger partial charge in [-0.05, 0) is 106 Å². The molecule has 0 saturated heterocycles. The molecule has 0 atom stereocenters. The quantitative estimate of drug-likeness (QED) is 0.178. The second-order valence-corrected chi connectivity index (χ2v) is 16.8. The normalized spacial score (nSPS) is 12.8.